The van der Waals surface area contributed by atoms with Gasteiger partial charge in [0.2, 0.25) is 5.91 Å². The molecule has 0 fully saturated rings. The van der Waals surface area contributed by atoms with Crippen molar-refractivity contribution in [2.45, 2.75) is 25.3 Å². The summed E-state index contributed by atoms with van der Waals surface area (Å²) in [6.07, 6.45) is 3.15. The van der Waals surface area contributed by atoms with Crippen molar-refractivity contribution in [1.82, 2.24) is 5.32 Å². The summed E-state index contributed by atoms with van der Waals surface area (Å²) in [6.45, 7) is 0. The molecular formula is C15H21NO4S. The highest BCUT2D eigenvalue weighted by molar-refractivity contribution is 7.98. The van der Waals surface area contributed by atoms with Gasteiger partial charge in [0.05, 0.1) is 7.11 Å². The molecule has 2 N–H and O–H groups in total. The van der Waals surface area contributed by atoms with Crippen molar-refractivity contribution in [3.8, 4) is 5.75 Å². The van der Waals surface area contributed by atoms with Crippen molar-refractivity contribution in [3.05, 3.63) is 29.8 Å². The van der Waals surface area contributed by atoms with Crippen LogP contribution in [0.15, 0.2) is 24.3 Å². The minimum atomic E-state index is -0.987. The van der Waals surface area contributed by atoms with Gasteiger partial charge in [-0.15, -0.1) is 0 Å². The lowest BCUT2D eigenvalue weighted by molar-refractivity contribution is -0.141. The van der Waals surface area contributed by atoms with E-state index in [0.717, 1.165) is 11.3 Å². The van der Waals surface area contributed by atoms with E-state index in [0.29, 0.717) is 18.6 Å². The van der Waals surface area contributed by atoms with Crippen LogP contribution >= 0.6 is 11.8 Å². The summed E-state index contributed by atoms with van der Waals surface area (Å²) in [5.74, 6) is 0.217. The van der Waals surface area contributed by atoms with Crippen molar-refractivity contribution in [2.24, 2.45) is 0 Å². The maximum absolute atomic E-state index is 11.8. The van der Waals surface area contributed by atoms with Crippen LogP contribution in [0.1, 0.15) is 18.4 Å². The highest BCUT2D eigenvalue weighted by Gasteiger charge is 2.19. The Kier molecular flexibility index (Phi) is 7.68. The van der Waals surface area contributed by atoms with Gasteiger partial charge in [-0.25, -0.2) is 4.79 Å². The van der Waals surface area contributed by atoms with Gasteiger partial charge in [-0.2, -0.15) is 11.8 Å². The zero-order valence-corrected chi connectivity index (χ0v) is 13.1. The maximum atomic E-state index is 11.8. The summed E-state index contributed by atoms with van der Waals surface area (Å²) in [6, 6.07) is 6.68. The number of nitrogens with one attached hydrogen (secondary N) is 1. The van der Waals surface area contributed by atoms with Crippen molar-refractivity contribution in [3.63, 3.8) is 0 Å². The first-order chi connectivity index (χ1) is 10.1. The number of carboxylic acids is 1. The summed E-state index contributed by atoms with van der Waals surface area (Å²) < 4.78 is 5.12. The Bertz CT molecular complexity index is 478. The lowest BCUT2D eigenvalue weighted by atomic mass is 10.1. The van der Waals surface area contributed by atoms with Crippen LogP contribution in [0.4, 0.5) is 0 Å². The minimum Gasteiger partial charge on any atom is -0.497 e. The molecule has 0 aliphatic heterocycles. The molecule has 1 atom stereocenters. The Labute approximate surface area is 129 Å². The van der Waals surface area contributed by atoms with E-state index in [1.165, 1.54) is 0 Å². The number of carboxylic acid groups (broad SMARTS) is 1. The molecule has 0 aromatic heterocycles. The third kappa shape index (κ3) is 6.53. The number of aliphatic carboxylic acids is 1. The summed E-state index contributed by atoms with van der Waals surface area (Å²) >= 11 is 1.56. The number of carbonyl (C=O) groups is 2. The molecule has 0 heterocycles. The van der Waals surface area contributed by atoms with E-state index in [-0.39, 0.29) is 12.3 Å². The van der Waals surface area contributed by atoms with Crippen LogP contribution in [0.2, 0.25) is 0 Å². The number of thioether (sulfide) groups is 1. The number of hydrogen-bond donors (Lipinski definition) is 2. The Hall–Kier alpha value is -1.69. The van der Waals surface area contributed by atoms with E-state index in [9.17, 15) is 9.59 Å². The first-order valence-electron chi connectivity index (χ1n) is 6.71. The van der Waals surface area contributed by atoms with Gasteiger partial charge in [-0.3, -0.25) is 4.79 Å². The fourth-order valence-corrected chi connectivity index (χ4v) is 2.32. The van der Waals surface area contributed by atoms with Gasteiger partial charge in [0.25, 0.3) is 0 Å². The largest absolute Gasteiger partial charge is 0.497 e. The molecular weight excluding hydrogens is 290 g/mol. The number of hydrogen-bond acceptors (Lipinski definition) is 4. The highest BCUT2D eigenvalue weighted by Crippen LogP contribution is 2.14. The fraction of sp³-hybridized carbons (Fsp3) is 0.467. The number of ether oxygens (including phenoxy) is 1. The quantitative estimate of drug-likeness (QED) is 0.729. The van der Waals surface area contributed by atoms with Crippen LogP contribution < -0.4 is 10.1 Å². The number of methoxy groups -OCH3 is 1. The lowest BCUT2D eigenvalue weighted by Crippen LogP contribution is -2.41. The molecule has 0 radical (unpaired) electrons. The van der Waals surface area contributed by atoms with Gasteiger partial charge in [0.1, 0.15) is 11.8 Å². The molecule has 0 bridgehead atoms. The summed E-state index contributed by atoms with van der Waals surface area (Å²) in [4.78, 5) is 22.9. The highest BCUT2D eigenvalue weighted by atomic mass is 32.2. The maximum Gasteiger partial charge on any atom is 0.326 e. The van der Waals surface area contributed by atoms with Crippen LogP contribution in [0.25, 0.3) is 0 Å². The molecule has 1 aromatic carbocycles. The van der Waals surface area contributed by atoms with Crippen LogP contribution in [0.3, 0.4) is 0 Å². The van der Waals surface area contributed by atoms with E-state index in [1.54, 1.807) is 18.9 Å². The van der Waals surface area contributed by atoms with E-state index >= 15 is 0 Å². The Morgan fingerprint density at radius 2 is 2.19 bits per heavy atom. The topological polar surface area (TPSA) is 75.6 Å². The van der Waals surface area contributed by atoms with Crippen molar-refractivity contribution in [2.75, 3.05) is 19.1 Å². The Morgan fingerprint density at radius 3 is 2.81 bits per heavy atom. The van der Waals surface area contributed by atoms with Gasteiger partial charge in [-0.1, -0.05) is 12.1 Å². The van der Waals surface area contributed by atoms with E-state index < -0.39 is 12.0 Å². The summed E-state index contributed by atoms with van der Waals surface area (Å²) in [5.41, 5.74) is 0.987. The molecule has 1 rings (SSSR count). The predicted octanol–water partition coefficient (Wildman–Crippen LogP) is 1.95. The van der Waals surface area contributed by atoms with Crippen molar-refractivity contribution >= 4 is 23.6 Å². The molecule has 6 heteroatoms. The average molecular weight is 311 g/mol. The second-order valence-electron chi connectivity index (χ2n) is 4.59. The summed E-state index contributed by atoms with van der Waals surface area (Å²) in [7, 11) is 1.59. The van der Waals surface area contributed by atoms with Gasteiger partial charge >= 0.3 is 5.97 Å². The average Bonchev–Trinajstić information content (AvgIpc) is 2.49. The SMILES string of the molecule is COc1cccc(CCC(=O)N[C@H](CCSC)C(=O)O)c1. The Balaban J connectivity index is 2.46. The molecule has 116 valence electrons. The summed E-state index contributed by atoms with van der Waals surface area (Å²) in [5, 5.41) is 11.6. The first kappa shape index (κ1) is 17.4. The lowest BCUT2D eigenvalue weighted by Gasteiger charge is -2.14. The van der Waals surface area contributed by atoms with Crippen LogP contribution in [0.5, 0.6) is 5.75 Å². The van der Waals surface area contributed by atoms with Crippen molar-refractivity contribution < 1.29 is 19.4 Å². The molecule has 0 saturated heterocycles. The number of aryl methyl sites for hydroxylation is 1. The number of amides is 1. The molecule has 5 nitrogen and oxygen atoms in total. The van der Waals surface area contributed by atoms with E-state index in [2.05, 4.69) is 5.32 Å². The fourth-order valence-electron chi connectivity index (χ4n) is 1.85. The normalized spacial score (nSPS) is 11.7. The zero-order chi connectivity index (χ0) is 15.7. The van der Waals surface area contributed by atoms with Gasteiger partial charge < -0.3 is 15.2 Å². The number of rotatable bonds is 9. The zero-order valence-electron chi connectivity index (χ0n) is 12.3. The standard InChI is InChI=1S/C15H21NO4S/c1-20-12-5-3-4-11(10-12)6-7-14(17)16-13(15(18)19)8-9-21-2/h3-5,10,13H,6-9H2,1-2H3,(H,16,17)(H,18,19)/t13-/m1/s1. The predicted molar refractivity (Wildman–Crippen MR) is 83.9 cm³/mol. The van der Waals surface area contributed by atoms with Crippen molar-refractivity contribution in [1.29, 1.82) is 0 Å². The molecule has 0 aliphatic rings. The third-order valence-corrected chi connectivity index (χ3v) is 3.66. The molecule has 0 unspecified atom stereocenters. The smallest absolute Gasteiger partial charge is 0.326 e. The number of carbonyl (C=O) groups excluding carboxylic acids is 1. The van der Waals surface area contributed by atoms with E-state index in [1.807, 2.05) is 30.5 Å². The Morgan fingerprint density at radius 1 is 1.43 bits per heavy atom. The van der Waals surface area contributed by atoms with Crippen LogP contribution in [0, 0.1) is 0 Å². The second-order valence-corrected chi connectivity index (χ2v) is 5.58. The molecule has 1 amide bonds. The molecule has 0 saturated carbocycles. The van der Waals surface area contributed by atoms with Gasteiger partial charge in [0.15, 0.2) is 0 Å². The molecule has 0 spiro atoms. The van der Waals surface area contributed by atoms with Crippen LogP contribution in [-0.2, 0) is 16.0 Å². The molecule has 21 heavy (non-hydrogen) atoms. The monoisotopic (exact) mass is 311 g/mol. The minimum absolute atomic E-state index is 0.244. The molecule has 0 aliphatic carbocycles. The third-order valence-electron chi connectivity index (χ3n) is 3.02. The molecule has 1 aromatic rings. The van der Waals surface area contributed by atoms with Crippen LogP contribution in [-0.4, -0.2) is 42.1 Å². The van der Waals surface area contributed by atoms with E-state index in [4.69, 9.17) is 9.84 Å². The first-order valence-corrected chi connectivity index (χ1v) is 8.10. The number of benzene rings is 1. The van der Waals surface area contributed by atoms with Gasteiger partial charge in [-0.05, 0) is 42.5 Å². The van der Waals surface area contributed by atoms with Gasteiger partial charge in [0, 0.05) is 6.42 Å². The second kappa shape index (κ2) is 9.28.